The Hall–Kier alpha value is -3.80. The number of benzene rings is 1. The maximum Gasteiger partial charge on any atom is 0.271 e. The van der Waals surface area contributed by atoms with E-state index in [2.05, 4.69) is 25.0 Å². The fourth-order valence-electron chi connectivity index (χ4n) is 3.82. The summed E-state index contributed by atoms with van der Waals surface area (Å²) in [5, 5.41) is 5.05. The zero-order valence-electron chi connectivity index (χ0n) is 17.7. The maximum atomic E-state index is 12.5. The predicted molar refractivity (Wildman–Crippen MR) is 118 cm³/mol. The Morgan fingerprint density at radius 2 is 1.88 bits per heavy atom. The number of likely N-dealkylation sites (tertiary alicyclic amines) is 1. The molecule has 5 rings (SSSR count). The fourth-order valence-corrected chi connectivity index (χ4v) is 4.45. The third kappa shape index (κ3) is 4.16. The third-order valence-corrected chi connectivity index (χ3v) is 6.70. The van der Waals surface area contributed by atoms with Crippen molar-refractivity contribution in [3.05, 3.63) is 55.0 Å². The molecular formula is C21H21N7O4S. The molecule has 0 unspecified atom stereocenters. The van der Waals surface area contributed by atoms with E-state index in [4.69, 9.17) is 4.74 Å². The molecule has 3 aromatic heterocycles. The summed E-state index contributed by atoms with van der Waals surface area (Å²) < 4.78 is 31.2. The molecule has 4 aromatic rings. The van der Waals surface area contributed by atoms with E-state index in [1.54, 1.807) is 27.9 Å². The quantitative estimate of drug-likeness (QED) is 0.468. The van der Waals surface area contributed by atoms with Crippen molar-refractivity contribution in [2.45, 2.75) is 23.8 Å². The van der Waals surface area contributed by atoms with Crippen LogP contribution in [0, 0.1) is 0 Å². The van der Waals surface area contributed by atoms with E-state index < -0.39 is 9.84 Å². The SMILES string of the molecule is CS(=O)(=O)c1ccc(-n2ncc3c(OC4CCN(C(=O)c5cnc[nH]5)CC4)ncnc32)cc1. The van der Waals surface area contributed by atoms with E-state index in [0.29, 0.717) is 54.2 Å². The molecule has 1 aliphatic heterocycles. The normalized spacial score (nSPS) is 15.1. The molecule has 1 saturated heterocycles. The molecule has 1 fully saturated rings. The van der Waals surface area contributed by atoms with E-state index >= 15 is 0 Å². The first-order valence-corrected chi connectivity index (χ1v) is 12.2. The lowest BCUT2D eigenvalue weighted by Crippen LogP contribution is -2.42. The van der Waals surface area contributed by atoms with Gasteiger partial charge in [-0.3, -0.25) is 4.79 Å². The van der Waals surface area contributed by atoms with Crippen molar-refractivity contribution in [2.24, 2.45) is 0 Å². The number of rotatable bonds is 5. The number of amides is 1. The molecule has 0 saturated carbocycles. The first-order chi connectivity index (χ1) is 15.9. The molecule has 1 aromatic carbocycles. The Labute approximate surface area is 189 Å². The Morgan fingerprint density at radius 3 is 2.55 bits per heavy atom. The van der Waals surface area contributed by atoms with Crippen LogP contribution in [0.1, 0.15) is 23.3 Å². The van der Waals surface area contributed by atoms with E-state index in [-0.39, 0.29) is 16.9 Å². The van der Waals surface area contributed by atoms with Crippen molar-refractivity contribution in [3.63, 3.8) is 0 Å². The number of piperidine rings is 1. The highest BCUT2D eigenvalue weighted by atomic mass is 32.2. The molecule has 1 amide bonds. The zero-order valence-corrected chi connectivity index (χ0v) is 18.6. The number of aromatic amines is 1. The minimum absolute atomic E-state index is 0.0708. The van der Waals surface area contributed by atoms with Gasteiger partial charge in [0.05, 0.1) is 29.3 Å². The summed E-state index contributed by atoms with van der Waals surface area (Å²) in [6.07, 6.45) is 8.48. The summed E-state index contributed by atoms with van der Waals surface area (Å²) in [6, 6.07) is 6.43. The summed E-state index contributed by atoms with van der Waals surface area (Å²) in [4.78, 5) is 29.8. The number of carbonyl (C=O) groups excluding carboxylic acids is 1. The topological polar surface area (TPSA) is 136 Å². The average molecular weight is 468 g/mol. The van der Waals surface area contributed by atoms with Crippen LogP contribution in [0.2, 0.25) is 0 Å². The highest BCUT2D eigenvalue weighted by Gasteiger charge is 2.26. The van der Waals surface area contributed by atoms with Crippen LogP contribution in [0.15, 0.2) is 54.2 Å². The lowest BCUT2D eigenvalue weighted by molar-refractivity contribution is 0.0586. The largest absolute Gasteiger partial charge is 0.474 e. The van der Waals surface area contributed by atoms with Gasteiger partial charge in [0.15, 0.2) is 15.5 Å². The number of aromatic nitrogens is 6. The molecule has 0 spiro atoms. The number of carbonyl (C=O) groups is 1. The predicted octanol–water partition coefficient (Wildman–Crippen LogP) is 1.63. The number of hydrogen-bond donors (Lipinski definition) is 1. The van der Waals surface area contributed by atoms with Crippen LogP contribution in [-0.4, -0.2) is 74.4 Å². The molecule has 11 nitrogen and oxygen atoms in total. The van der Waals surface area contributed by atoms with E-state index in [1.165, 1.54) is 37.2 Å². The van der Waals surface area contributed by atoms with E-state index in [0.717, 1.165) is 0 Å². The number of nitrogens with one attached hydrogen (secondary N) is 1. The molecule has 170 valence electrons. The lowest BCUT2D eigenvalue weighted by atomic mass is 10.1. The van der Waals surface area contributed by atoms with Crippen molar-refractivity contribution in [2.75, 3.05) is 19.3 Å². The number of H-pyrrole nitrogens is 1. The monoisotopic (exact) mass is 467 g/mol. The number of ether oxygens (including phenoxy) is 1. The Kier molecular flexibility index (Phi) is 5.29. The molecule has 0 radical (unpaired) electrons. The molecule has 1 aliphatic rings. The smallest absolute Gasteiger partial charge is 0.271 e. The van der Waals surface area contributed by atoms with Crippen molar-refractivity contribution in [3.8, 4) is 11.6 Å². The van der Waals surface area contributed by atoms with Gasteiger partial charge in [-0.25, -0.2) is 28.1 Å². The van der Waals surface area contributed by atoms with Crippen LogP contribution >= 0.6 is 0 Å². The highest BCUT2D eigenvalue weighted by Crippen LogP contribution is 2.26. The summed E-state index contributed by atoms with van der Waals surface area (Å²) in [6.45, 7) is 1.14. The molecular weight excluding hydrogens is 446 g/mol. The second kappa shape index (κ2) is 8.28. The highest BCUT2D eigenvalue weighted by molar-refractivity contribution is 7.90. The Bertz CT molecular complexity index is 1390. The van der Waals surface area contributed by atoms with Crippen LogP contribution in [-0.2, 0) is 9.84 Å². The molecule has 4 heterocycles. The molecule has 0 aliphatic carbocycles. The van der Waals surface area contributed by atoms with Crippen molar-refractivity contribution in [1.29, 1.82) is 0 Å². The lowest BCUT2D eigenvalue weighted by Gasteiger charge is -2.31. The van der Waals surface area contributed by atoms with Gasteiger partial charge in [-0.1, -0.05) is 0 Å². The maximum absolute atomic E-state index is 12.5. The summed E-state index contributed by atoms with van der Waals surface area (Å²) in [5.74, 6) is 0.357. The third-order valence-electron chi connectivity index (χ3n) is 5.57. The van der Waals surface area contributed by atoms with Gasteiger partial charge in [-0.05, 0) is 24.3 Å². The minimum Gasteiger partial charge on any atom is -0.474 e. The summed E-state index contributed by atoms with van der Waals surface area (Å²) >= 11 is 0. The molecule has 0 bridgehead atoms. The molecule has 33 heavy (non-hydrogen) atoms. The van der Waals surface area contributed by atoms with Gasteiger partial charge in [-0.15, -0.1) is 0 Å². The number of sulfone groups is 1. The first kappa shape index (κ1) is 21.1. The first-order valence-electron chi connectivity index (χ1n) is 10.3. The van der Waals surface area contributed by atoms with Crippen LogP contribution in [0.5, 0.6) is 5.88 Å². The van der Waals surface area contributed by atoms with Gasteiger partial charge >= 0.3 is 0 Å². The van der Waals surface area contributed by atoms with Crippen LogP contribution in [0.3, 0.4) is 0 Å². The van der Waals surface area contributed by atoms with Crippen LogP contribution < -0.4 is 4.74 Å². The van der Waals surface area contributed by atoms with E-state index in [1.807, 2.05) is 0 Å². The fraction of sp³-hybridized carbons (Fsp3) is 0.286. The van der Waals surface area contributed by atoms with Gasteiger partial charge in [0.1, 0.15) is 23.5 Å². The number of nitrogens with zero attached hydrogens (tertiary/aromatic N) is 6. The van der Waals surface area contributed by atoms with Gasteiger partial charge in [-0.2, -0.15) is 5.10 Å². The van der Waals surface area contributed by atoms with Gasteiger partial charge < -0.3 is 14.6 Å². The van der Waals surface area contributed by atoms with E-state index in [9.17, 15) is 13.2 Å². The summed E-state index contributed by atoms with van der Waals surface area (Å²) in [7, 11) is -3.28. The molecule has 1 N–H and O–H groups in total. The van der Waals surface area contributed by atoms with Crippen LogP contribution in [0.25, 0.3) is 16.7 Å². The Morgan fingerprint density at radius 1 is 1.12 bits per heavy atom. The van der Waals surface area contributed by atoms with Gasteiger partial charge in [0.25, 0.3) is 5.91 Å². The number of imidazole rings is 1. The van der Waals surface area contributed by atoms with Crippen molar-refractivity contribution >= 4 is 26.8 Å². The van der Waals surface area contributed by atoms with Gasteiger partial charge in [0, 0.05) is 32.2 Å². The van der Waals surface area contributed by atoms with Crippen LogP contribution in [0.4, 0.5) is 0 Å². The number of hydrogen-bond acceptors (Lipinski definition) is 8. The molecule has 0 atom stereocenters. The van der Waals surface area contributed by atoms with Crippen molar-refractivity contribution < 1.29 is 17.9 Å². The standard InChI is InChI=1S/C21H21N7O4S/c1-33(30,31)16-4-2-14(3-5-16)28-19-17(10-26-28)20(25-13-24-19)32-15-6-8-27(9-7-15)21(29)18-11-22-12-23-18/h2-5,10-13,15H,6-9H2,1H3,(H,22,23). The summed E-state index contributed by atoms with van der Waals surface area (Å²) in [5.41, 5.74) is 1.70. The second-order valence-corrected chi connectivity index (χ2v) is 9.83. The van der Waals surface area contributed by atoms with Gasteiger partial charge in [0.2, 0.25) is 5.88 Å². The average Bonchev–Trinajstić information content (AvgIpc) is 3.50. The van der Waals surface area contributed by atoms with Crippen molar-refractivity contribution in [1.82, 2.24) is 34.6 Å². The minimum atomic E-state index is -3.28. The Balaban J connectivity index is 1.31. The second-order valence-electron chi connectivity index (χ2n) is 7.81. The number of fused-ring (bicyclic) bond motifs is 1. The zero-order chi connectivity index (χ0) is 23.0. The molecule has 12 heteroatoms.